The van der Waals surface area contributed by atoms with Gasteiger partial charge in [0.1, 0.15) is 0 Å². The molecule has 0 aromatic heterocycles. The molecule has 3 aliphatic rings. The lowest BCUT2D eigenvalue weighted by Gasteiger charge is -2.51. The van der Waals surface area contributed by atoms with Crippen LogP contribution in [0.4, 0.5) is 0 Å². The summed E-state index contributed by atoms with van der Waals surface area (Å²) in [6.45, 7) is 8.61. The van der Waals surface area contributed by atoms with Gasteiger partial charge >= 0.3 is 0 Å². The Balaban J connectivity index is 1.85. The van der Waals surface area contributed by atoms with Crippen molar-refractivity contribution < 1.29 is 0 Å². The highest BCUT2D eigenvalue weighted by Gasteiger charge is 2.43. The van der Waals surface area contributed by atoms with Gasteiger partial charge in [0.2, 0.25) is 0 Å². The first-order valence-corrected chi connectivity index (χ1v) is 6.99. The molecule has 3 heterocycles. The molecular weight excluding hydrogens is 206 g/mol. The van der Waals surface area contributed by atoms with Gasteiger partial charge in [0.15, 0.2) is 0 Å². The summed E-state index contributed by atoms with van der Waals surface area (Å²) >= 11 is 0. The molecule has 1 heteroatoms. The average Bonchev–Trinajstić information content (AvgIpc) is 2.41. The molecule has 3 aliphatic heterocycles. The molecular formula is C16H23N. The maximum Gasteiger partial charge on any atom is -0.00132 e. The van der Waals surface area contributed by atoms with Crippen molar-refractivity contribution >= 4 is 0 Å². The Kier molecular flexibility index (Phi) is 2.74. The molecule has 1 aromatic rings. The van der Waals surface area contributed by atoms with Gasteiger partial charge in [0, 0.05) is 0 Å². The summed E-state index contributed by atoms with van der Waals surface area (Å²) < 4.78 is 0. The van der Waals surface area contributed by atoms with E-state index >= 15 is 0 Å². The van der Waals surface area contributed by atoms with Crippen LogP contribution in [0.15, 0.2) is 24.3 Å². The van der Waals surface area contributed by atoms with Crippen molar-refractivity contribution in [2.24, 2.45) is 5.41 Å². The summed E-state index contributed by atoms with van der Waals surface area (Å²) in [5.41, 5.74) is 3.52. The molecule has 0 saturated carbocycles. The lowest BCUT2D eigenvalue weighted by molar-refractivity contribution is 0.00911. The van der Waals surface area contributed by atoms with E-state index < -0.39 is 0 Å². The quantitative estimate of drug-likeness (QED) is 0.749. The van der Waals surface area contributed by atoms with Crippen LogP contribution in [-0.2, 0) is 0 Å². The second-order valence-corrected chi connectivity index (χ2v) is 6.09. The number of nitrogens with zero attached hydrogens (tertiary/aromatic N) is 1. The lowest BCUT2D eigenvalue weighted by Crippen LogP contribution is -2.50. The van der Waals surface area contributed by atoms with Crippen LogP contribution in [0.25, 0.3) is 0 Å². The Bertz CT molecular complexity index is 371. The van der Waals surface area contributed by atoms with E-state index in [1.807, 2.05) is 0 Å². The Morgan fingerprint density at radius 1 is 1.00 bits per heavy atom. The molecule has 0 radical (unpaired) electrons. The van der Waals surface area contributed by atoms with Gasteiger partial charge in [-0.15, -0.1) is 0 Å². The van der Waals surface area contributed by atoms with Crippen LogP contribution >= 0.6 is 0 Å². The molecule has 1 nitrogen and oxygen atoms in total. The second kappa shape index (κ2) is 4.13. The van der Waals surface area contributed by atoms with Crippen molar-refractivity contribution in [1.82, 2.24) is 4.90 Å². The number of aryl methyl sites for hydroxylation is 1. The van der Waals surface area contributed by atoms with Crippen molar-refractivity contribution in [3.8, 4) is 0 Å². The first kappa shape index (κ1) is 11.3. The van der Waals surface area contributed by atoms with E-state index in [9.17, 15) is 0 Å². The molecule has 0 spiro atoms. The molecule has 3 saturated heterocycles. The first-order valence-electron chi connectivity index (χ1n) is 6.99. The molecule has 92 valence electrons. The minimum Gasteiger partial charge on any atom is -0.303 e. The SMILES string of the molecule is Cc1ccc(C(C)C23CCN(CC2)CC3)cc1. The Labute approximate surface area is 105 Å². The van der Waals surface area contributed by atoms with E-state index in [1.165, 1.54) is 44.5 Å². The topological polar surface area (TPSA) is 3.24 Å². The highest BCUT2D eigenvalue weighted by atomic mass is 15.1. The third-order valence-corrected chi connectivity index (χ3v) is 5.27. The number of rotatable bonds is 2. The molecule has 0 N–H and O–H groups in total. The van der Waals surface area contributed by atoms with Crippen LogP contribution in [0, 0.1) is 12.3 Å². The average molecular weight is 229 g/mol. The molecule has 1 aromatic carbocycles. The predicted molar refractivity (Wildman–Crippen MR) is 72.3 cm³/mol. The summed E-state index contributed by atoms with van der Waals surface area (Å²) in [6, 6.07) is 9.21. The molecule has 0 aliphatic carbocycles. The highest BCUT2D eigenvalue weighted by molar-refractivity contribution is 5.26. The minimum absolute atomic E-state index is 0.601. The molecule has 1 atom stereocenters. The molecule has 17 heavy (non-hydrogen) atoms. The van der Waals surface area contributed by atoms with Crippen molar-refractivity contribution in [2.45, 2.75) is 39.0 Å². The first-order chi connectivity index (χ1) is 8.20. The molecule has 4 rings (SSSR count). The standard InChI is InChI=1S/C16H23N/c1-13-3-5-15(6-4-13)14(2)16-7-10-17(11-8-16)12-9-16/h3-6,14H,7-12H2,1-2H3. The number of fused-ring (bicyclic) bond motifs is 3. The van der Waals surface area contributed by atoms with Crippen molar-refractivity contribution in [3.05, 3.63) is 35.4 Å². The van der Waals surface area contributed by atoms with Gasteiger partial charge in [-0.25, -0.2) is 0 Å². The van der Waals surface area contributed by atoms with Crippen molar-refractivity contribution in [2.75, 3.05) is 19.6 Å². The molecule has 3 fully saturated rings. The molecule has 0 amide bonds. The normalized spacial score (nSPS) is 33.6. The fourth-order valence-corrected chi connectivity index (χ4v) is 3.71. The third-order valence-electron chi connectivity index (χ3n) is 5.27. The fraction of sp³-hybridized carbons (Fsp3) is 0.625. The highest BCUT2D eigenvalue weighted by Crippen LogP contribution is 2.49. The zero-order valence-electron chi connectivity index (χ0n) is 11.1. The van der Waals surface area contributed by atoms with E-state index in [-0.39, 0.29) is 0 Å². The largest absolute Gasteiger partial charge is 0.303 e. The Morgan fingerprint density at radius 3 is 2.06 bits per heavy atom. The number of benzene rings is 1. The maximum absolute atomic E-state index is 2.63. The van der Waals surface area contributed by atoms with Crippen molar-refractivity contribution in [3.63, 3.8) is 0 Å². The van der Waals surface area contributed by atoms with Gasteiger partial charge in [0.25, 0.3) is 0 Å². The Hall–Kier alpha value is -0.820. The maximum atomic E-state index is 2.63. The number of hydrogen-bond donors (Lipinski definition) is 0. The summed E-state index contributed by atoms with van der Waals surface area (Å²) in [4.78, 5) is 2.63. The minimum atomic E-state index is 0.601. The monoisotopic (exact) mass is 229 g/mol. The summed E-state index contributed by atoms with van der Waals surface area (Å²) in [7, 11) is 0. The molecule has 2 bridgehead atoms. The zero-order chi connectivity index (χ0) is 11.9. The fourth-order valence-electron chi connectivity index (χ4n) is 3.71. The van der Waals surface area contributed by atoms with Crippen LogP contribution in [-0.4, -0.2) is 24.5 Å². The van der Waals surface area contributed by atoms with Crippen LogP contribution < -0.4 is 0 Å². The second-order valence-electron chi connectivity index (χ2n) is 6.09. The van der Waals surface area contributed by atoms with E-state index in [1.54, 1.807) is 5.56 Å². The summed E-state index contributed by atoms with van der Waals surface area (Å²) in [5.74, 6) is 0.727. The van der Waals surface area contributed by atoms with Gasteiger partial charge in [0.05, 0.1) is 0 Å². The van der Waals surface area contributed by atoms with Gasteiger partial charge < -0.3 is 4.90 Å². The van der Waals surface area contributed by atoms with Gasteiger partial charge in [-0.2, -0.15) is 0 Å². The van der Waals surface area contributed by atoms with E-state index in [0.717, 1.165) is 5.92 Å². The predicted octanol–water partition coefficient (Wildman–Crippen LogP) is 3.58. The van der Waals surface area contributed by atoms with Gasteiger partial charge in [-0.05, 0) is 62.7 Å². The van der Waals surface area contributed by atoms with Crippen LogP contribution in [0.3, 0.4) is 0 Å². The number of piperidine rings is 3. The van der Waals surface area contributed by atoms with Gasteiger partial charge in [-0.3, -0.25) is 0 Å². The van der Waals surface area contributed by atoms with E-state index in [0.29, 0.717) is 5.41 Å². The van der Waals surface area contributed by atoms with E-state index in [2.05, 4.69) is 43.0 Å². The van der Waals surface area contributed by atoms with Crippen LogP contribution in [0.2, 0.25) is 0 Å². The van der Waals surface area contributed by atoms with Gasteiger partial charge in [-0.1, -0.05) is 36.8 Å². The third kappa shape index (κ3) is 1.91. The summed E-state index contributed by atoms with van der Waals surface area (Å²) in [5, 5.41) is 0. The number of hydrogen-bond acceptors (Lipinski definition) is 1. The molecule has 1 unspecified atom stereocenters. The zero-order valence-corrected chi connectivity index (χ0v) is 11.1. The summed E-state index contributed by atoms with van der Waals surface area (Å²) in [6.07, 6.45) is 4.21. The Morgan fingerprint density at radius 2 is 1.53 bits per heavy atom. The lowest BCUT2D eigenvalue weighted by atomic mass is 9.63. The van der Waals surface area contributed by atoms with Crippen LogP contribution in [0.5, 0.6) is 0 Å². The van der Waals surface area contributed by atoms with Crippen LogP contribution in [0.1, 0.15) is 43.2 Å². The van der Waals surface area contributed by atoms with Crippen molar-refractivity contribution in [1.29, 1.82) is 0 Å². The van der Waals surface area contributed by atoms with E-state index in [4.69, 9.17) is 0 Å². The smallest absolute Gasteiger partial charge is 0.00132 e.